The van der Waals surface area contributed by atoms with E-state index in [1.807, 2.05) is 12.1 Å². The number of hydrogen-bond acceptors (Lipinski definition) is 4. The highest BCUT2D eigenvalue weighted by atomic mass is 16.4. The van der Waals surface area contributed by atoms with E-state index in [1.54, 1.807) is 17.3 Å². The number of carbonyl (C=O) groups excluding carboxylic acids is 1. The second-order valence-corrected chi connectivity index (χ2v) is 4.76. The van der Waals surface area contributed by atoms with Crippen molar-refractivity contribution >= 4 is 11.9 Å². The van der Waals surface area contributed by atoms with E-state index in [-0.39, 0.29) is 18.4 Å². The molecule has 0 bridgehead atoms. The number of nitrogens with zero attached hydrogens (tertiary/aromatic N) is 2. The average Bonchev–Trinajstić information content (AvgIpc) is 3.20. The number of pyridine rings is 1. The highest BCUT2D eigenvalue weighted by molar-refractivity contribution is 5.86. The molecule has 19 heavy (non-hydrogen) atoms. The smallest absolute Gasteiger partial charge is 0.305 e. The minimum Gasteiger partial charge on any atom is -0.481 e. The van der Waals surface area contributed by atoms with Crippen LogP contribution in [0.1, 0.15) is 24.8 Å². The molecule has 1 atom stereocenters. The Labute approximate surface area is 111 Å². The van der Waals surface area contributed by atoms with Crippen LogP contribution in [0.25, 0.3) is 0 Å². The molecule has 3 N–H and O–H groups in total. The van der Waals surface area contributed by atoms with Crippen LogP contribution in [0.3, 0.4) is 0 Å². The summed E-state index contributed by atoms with van der Waals surface area (Å²) in [5, 5.41) is 8.70. The van der Waals surface area contributed by atoms with Crippen molar-refractivity contribution < 1.29 is 14.7 Å². The Bertz CT molecular complexity index is 459. The quantitative estimate of drug-likeness (QED) is 0.773. The monoisotopic (exact) mass is 263 g/mol. The van der Waals surface area contributed by atoms with Gasteiger partial charge in [-0.25, -0.2) is 0 Å². The van der Waals surface area contributed by atoms with Crippen LogP contribution in [0.2, 0.25) is 0 Å². The zero-order chi connectivity index (χ0) is 13.8. The number of aromatic nitrogens is 1. The number of carboxylic acid groups (broad SMARTS) is 1. The molecule has 1 amide bonds. The normalized spacial score (nSPS) is 15.8. The van der Waals surface area contributed by atoms with E-state index in [9.17, 15) is 9.59 Å². The lowest BCUT2D eigenvalue weighted by Crippen LogP contribution is -2.45. The summed E-state index contributed by atoms with van der Waals surface area (Å²) in [6, 6.07) is 2.91. The second-order valence-electron chi connectivity index (χ2n) is 4.76. The zero-order valence-corrected chi connectivity index (χ0v) is 10.5. The highest BCUT2D eigenvalue weighted by Gasteiger charge is 2.35. The van der Waals surface area contributed by atoms with Crippen molar-refractivity contribution in [1.29, 1.82) is 0 Å². The SMILES string of the molecule is NC(CC(=O)O)C(=O)N(Cc1cccnc1)C1CC1. The molecular weight excluding hydrogens is 246 g/mol. The molecule has 1 aromatic heterocycles. The number of nitrogens with two attached hydrogens (primary N) is 1. The maximum absolute atomic E-state index is 12.2. The van der Waals surface area contributed by atoms with Crippen LogP contribution in [0.5, 0.6) is 0 Å². The van der Waals surface area contributed by atoms with Gasteiger partial charge in [0.05, 0.1) is 12.5 Å². The first-order valence-electron chi connectivity index (χ1n) is 6.24. The zero-order valence-electron chi connectivity index (χ0n) is 10.5. The Kier molecular flexibility index (Phi) is 4.11. The van der Waals surface area contributed by atoms with E-state index < -0.39 is 12.0 Å². The molecule has 6 heteroatoms. The molecule has 0 spiro atoms. The summed E-state index contributed by atoms with van der Waals surface area (Å²) in [6.07, 6.45) is 4.93. The minimum absolute atomic E-state index is 0.188. The van der Waals surface area contributed by atoms with E-state index >= 15 is 0 Å². The summed E-state index contributed by atoms with van der Waals surface area (Å²) in [5.74, 6) is -1.35. The van der Waals surface area contributed by atoms with Gasteiger partial charge in [-0.2, -0.15) is 0 Å². The Balaban J connectivity index is 2.03. The van der Waals surface area contributed by atoms with E-state index in [1.165, 1.54) is 0 Å². The van der Waals surface area contributed by atoms with Crippen LogP contribution in [0.4, 0.5) is 0 Å². The molecule has 102 valence electrons. The van der Waals surface area contributed by atoms with Crippen molar-refractivity contribution in [2.75, 3.05) is 0 Å². The number of rotatable bonds is 6. The van der Waals surface area contributed by atoms with Gasteiger partial charge >= 0.3 is 5.97 Å². The first-order chi connectivity index (χ1) is 9.08. The van der Waals surface area contributed by atoms with E-state index in [4.69, 9.17) is 10.8 Å². The molecule has 1 heterocycles. The Morgan fingerprint density at radius 1 is 1.53 bits per heavy atom. The topological polar surface area (TPSA) is 96.5 Å². The summed E-state index contributed by atoms with van der Waals surface area (Å²) in [7, 11) is 0. The van der Waals surface area contributed by atoms with Crippen LogP contribution in [-0.4, -0.2) is 39.0 Å². The lowest BCUT2D eigenvalue weighted by atomic mass is 10.1. The molecule has 1 aliphatic carbocycles. The third-order valence-electron chi connectivity index (χ3n) is 3.06. The third kappa shape index (κ3) is 3.75. The molecule has 1 saturated carbocycles. The van der Waals surface area contributed by atoms with Gasteiger partial charge in [-0.15, -0.1) is 0 Å². The van der Waals surface area contributed by atoms with Crippen molar-refractivity contribution in [1.82, 2.24) is 9.88 Å². The van der Waals surface area contributed by atoms with Crippen LogP contribution in [-0.2, 0) is 16.1 Å². The predicted octanol–water partition coefficient (Wildman–Crippen LogP) is 0.375. The Hall–Kier alpha value is -1.95. The van der Waals surface area contributed by atoms with E-state index in [0.29, 0.717) is 6.54 Å². The first kappa shape index (κ1) is 13.5. The molecule has 0 aliphatic heterocycles. The Morgan fingerprint density at radius 3 is 2.79 bits per heavy atom. The second kappa shape index (κ2) is 5.79. The molecule has 6 nitrogen and oxygen atoms in total. The van der Waals surface area contributed by atoms with Gasteiger partial charge in [0.2, 0.25) is 5.91 Å². The first-order valence-corrected chi connectivity index (χ1v) is 6.24. The molecule has 0 saturated heterocycles. The van der Waals surface area contributed by atoms with Crippen molar-refractivity contribution in [2.24, 2.45) is 5.73 Å². The van der Waals surface area contributed by atoms with Crippen molar-refractivity contribution in [3.8, 4) is 0 Å². The molecule has 1 unspecified atom stereocenters. The average molecular weight is 263 g/mol. The summed E-state index contributed by atoms with van der Waals surface area (Å²) in [5.41, 5.74) is 6.57. The van der Waals surface area contributed by atoms with Crippen molar-refractivity contribution in [2.45, 2.75) is 37.9 Å². The molecule has 0 radical (unpaired) electrons. The fourth-order valence-electron chi connectivity index (χ4n) is 1.95. The minimum atomic E-state index is -1.06. The third-order valence-corrected chi connectivity index (χ3v) is 3.06. The van der Waals surface area contributed by atoms with E-state index in [2.05, 4.69) is 4.98 Å². The number of carboxylic acids is 1. The maximum atomic E-state index is 12.2. The van der Waals surface area contributed by atoms with Gasteiger partial charge in [-0.3, -0.25) is 14.6 Å². The fourth-order valence-corrected chi connectivity index (χ4v) is 1.95. The summed E-state index contributed by atoms with van der Waals surface area (Å²) >= 11 is 0. The predicted molar refractivity (Wildman–Crippen MR) is 68.0 cm³/mol. The number of hydrogen-bond donors (Lipinski definition) is 2. The van der Waals surface area contributed by atoms with Gasteiger partial charge in [0.15, 0.2) is 0 Å². The summed E-state index contributed by atoms with van der Waals surface area (Å²) in [6.45, 7) is 0.435. The molecule has 1 aliphatic rings. The van der Waals surface area contributed by atoms with E-state index in [0.717, 1.165) is 18.4 Å². The van der Waals surface area contributed by atoms with Crippen molar-refractivity contribution in [3.63, 3.8) is 0 Å². The standard InChI is InChI=1S/C13H17N3O3/c14-11(6-12(17)18)13(19)16(10-3-4-10)8-9-2-1-5-15-7-9/h1-2,5,7,10-11H,3-4,6,8,14H2,(H,17,18). The number of aliphatic carboxylic acids is 1. The van der Waals surface area contributed by atoms with Crippen LogP contribution in [0, 0.1) is 0 Å². The molecule has 1 fully saturated rings. The number of amides is 1. The lowest BCUT2D eigenvalue weighted by molar-refractivity contribution is -0.142. The largest absolute Gasteiger partial charge is 0.481 e. The number of carbonyl (C=O) groups is 2. The van der Waals surface area contributed by atoms with Gasteiger partial charge in [-0.1, -0.05) is 6.07 Å². The van der Waals surface area contributed by atoms with Gasteiger partial charge in [0.25, 0.3) is 0 Å². The molecule has 0 aromatic carbocycles. The maximum Gasteiger partial charge on any atom is 0.305 e. The Morgan fingerprint density at radius 2 is 2.26 bits per heavy atom. The summed E-state index contributed by atoms with van der Waals surface area (Å²) < 4.78 is 0. The van der Waals surface area contributed by atoms with Crippen LogP contribution < -0.4 is 5.73 Å². The fraction of sp³-hybridized carbons (Fsp3) is 0.462. The van der Waals surface area contributed by atoms with Crippen molar-refractivity contribution in [3.05, 3.63) is 30.1 Å². The van der Waals surface area contributed by atoms with Gasteiger partial charge < -0.3 is 15.7 Å². The van der Waals surface area contributed by atoms with Gasteiger partial charge in [-0.05, 0) is 24.5 Å². The molecular formula is C13H17N3O3. The van der Waals surface area contributed by atoms with Gasteiger partial charge in [0, 0.05) is 25.0 Å². The van der Waals surface area contributed by atoms with Crippen LogP contribution in [0.15, 0.2) is 24.5 Å². The van der Waals surface area contributed by atoms with Crippen LogP contribution >= 0.6 is 0 Å². The lowest BCUT2D eigenvalue weighted by Gasteiger charge is -2.25. The highest BCUT2D eigenvalue weighted by Crippen LogP contribution is 2.28. The molecule has 1 aromatic rings. The molecule has 2 rings (SSSR count). The van der Waals surface area contributed by atoms with Gasteiger partial charge in [0.1, 0.15) is 0 Å². The summed E-state index contributed by atoms with van der Waals surface area (Å²) in [4.78, 5) is 28.5.